The van der Waals surface area contributed by atoms with E-state index >= 15 is 0 Å². The Bertz CT molecular complexity index is 7480. The van der Waals surface area contributed by atoms with Crippen molar-refractivity contribution in [1.29, 1.82) is 0 Å². The molecule has 0 atom stereocenters. The number of nitrogens with one attached hydrogen (secondary N) is 1. The van der Waals surface area contributed by atoms with Gasteiger partial charge in [-0.25, -0.2) is 4.98 Å². The predicted octanol–water partition coefficient (Wildman–Crippen LogP) is 29.7. The Morgan fingerprint density at radius 1 is 0.257 bits per heavy atom. The average Bonchev–Trinajstić information content (AvgIpc) is 1.55. The van der Waals surface area contributed by atoms with Gasteiger partial charge in [-0.15, -0.1) is 0 Å². The molecule has 1 aliphatic rings. The maximum Gasteiger partial charge on any atom is 1.00 e. The monoisotopic (exact) mass is 1800 g/mol. The topological polar surface area (TPSA) is 105 Å². The third-order valence-electron chi connectivity index (χ3n) is 27.0. The summed E-state index contributed by atoms with van der Waals surface area (Å²) in [6, 6.07) is 154. The Kier molecular flexibility index (Phi) is 26.9. The van der Waals surface area contributed by atoms with Crippen LogP contribution in [0.3, 0.4) is 0 Å². The number of nitrogens with zero attached hydrogens (tertiary/aromatic N) is 8. The molecule has 23 aromatic rings. The molecule has 0 spiro atoms. The van der Waals surface area contributed by atoms with Gasteiger partial charge in [0.15, 0.2) is 6.20 Å². The van der Waals surface area contributed by atoms with Crippen LogP contribution in [0.4, 0.5) is 34.1 Å². The van der Waals surface area contributed by atoms with Crippen LogP contribution in [0.1, 0.15) is 65.5 Å². The molecule has 1 aliphatic carbocycles. The summed E-state index contributed by atoms with van der Waals surface area (Å²) in [5, 5.41) is 17.2. The second-order valence-electron chi connectivity index (χ2n) is 36.1. The van der Waals surface area contributed by atoms with Crippen LogP contribution in [0, 0.1) is 27.7 Å². The standard InChI is InChI=1S/C46H46N2.C38H26N4.C36H24N2.C9H7NO.Li/c1-34-8-20-40(21-9-34)47(41-22-10-35(2)11-23-41)44-28-16-38(17-29-44)46(32-6-5-7-33-46)39-18-30-45(31-19-39)48(42-24-12-36(3)13-25-42)43-26-14-37(4)15-27-43;1-6-27(33-17-35(29-8-2-12-39-23-29)21-36(18-33)30-9-3-13-40-24-30)16-28(7-1)34-19-37(31-10-4-14-41-25-31)22-38(20-34)32-11-5-15-42-26-32;1-5-19-33-29(15-1)30-16-2-6-20-34(30)37(33)27-13-9-11-25(23-27)26-12-10-14-28(24-26)38-35-21-7-3-17-31(35)32-18-4-8-22-36(32)38;11-8-5-1-3-7-4-2-6-10-9(7)8;/h8-31H,5-7,32-33H2,1-4H3;1-26H;1-24H;1-6,11H;/q;;;;+1. The fourth-order valence-corrected chi connectivity index (χ4v) is 19.9. The van der Waals surface area contributed by atoms with E-state index < -0.39 is 0 Å². The number of para-hydroxylation sites is 5. The quantitative estimate of drug-likeness (QED) is 0.0836. The molecule has 140 heavy (non-hydrogen) atoms. The van der Waals surface area contributed by atoms with Crippen molar-refractivity contribution in [2.45, 2.75) is 65.2 Å². The molecule has 24 rings (SSSR count). The van der Waals surface area contributed by atoms with Gasteiger partial charge < -0.3 is 24.0 Å². The third-order valence-corrected chi connectivity index (χ3v) is 27.0. The number of aromatic amines is 1. The third kappa shape index (κ3) is 19.4. The minimum Gasteiger partial charge on any atom is -0.868 e. The maximum absolute atomic E-state index is 11.1. The van der Waals surface area contributed by atoms with E-state index in [1.165, 1.54) is 166 Å². The normalized spacial score (nSPS) is 12.0. The summed E-state index contributed by atoms with van der Waals surface area (Å²) in [4.78, 5) is 25.1. The van der Waals surface area contributed by atoms with Crippen LogP contribution in [0.25, 0.3) is 144 Å². The zero-order valence-electron chi connectivity index (χ0n) is 79.2. The van der Waals surface area contributed by atoms with E-state index in [-0.39, 0.29) is 30.0 Å². The summed E-state index contributed by atoms with van der Waals surface area (Å²) in [5.41, 5.74) is 38.6. The van der Waals surface area contributed by atoms with Crippen molar-refractivity contribution in [3.05, 3.63) is 520 Å². The Labute approximate surface area is 830 Å². The van der Waals surface area contributed by atoms with E-state index in [1.54, 1.807) is 43.1 Å². The molecule has 1 saturated carbocycles. The first kappa shape index (κ1) is 90.9. The van der Waals surface area contributed by atoms with Crippen LogP contribution in [-0.2, 0) is 5.41 Å². The van der Waals surface area contributed by atoms with Crippen LogP contribution < -0.4 is 38.8 Å². The van der Waals surface area contributed by atoms with Crippen LogP contribution in [0.2, 0.25) is 0 Å². The molecule has 0 amide bonds. The van der Waals surface area contributed by atoms with Crippen molar-refractivity contribution in [2.75, 3.05) is 9.80 Å². The zero-order chi connectivity index (χ0) is 94.0. The molecule has 0 radical (unpaired) electrons. The minimum atomic E-state index is 0. The van der Waals surface area contributed by atoms with Gasteiger partial charge in [0.25, 0.3) is 0 Å². The maximum atomic E-state index is 11.1. The van der Waals surface area contributed by atoms with Crippen LogP contribution in [0.5, 0.6) is 5.75 Å². The molecular weight excluding hydrogens is 1700 g/mol. The van der Waals surface area contributed by atoms with Gasteiger partial charge in [0.1, 0.15) is 0 Å². The molecule has 0 saturated heterocycles. The molecule has 7 aromatic heterocycles. The number of anilines is 6. The largest absolute Gasteiger partial charge is 1.00 e. The van der Waals surface area contributed by atoms with Gasteiger partial charge in [0, 0.05) is 156 Å². The smallest absolute Gasteiger partial charge is 0.868 e. The van der Waals surface area contributed by atoms with E-state index in [4.69, 9.17) is 0 Å². The molecule has 16 aromatic carbocycles. The number of pyridine rings is 5. The second kappa shape index (κ2) is 41.4. The van der Waals surface area contributed by atoms with E-state index in [2.05, 4.69) is 448 Å². The first-order chi connectivity index (χ1) is 68.4. The number of fused-ring (bicyclic) bond motifs is 7. The summed E-state index contributed by atoms with van der Waals surface area (Å²) in [6.07, 6.45) is 22.8. The molecule has 7 heterocycles. The Hall–Kier alpha value is -16.9. The van der Waals surface area contributed by atoms with Gasteiger partial charge in [0.2, 0.25) is 5.52 Å². The van der Waals surface area contributed by atoms with Crippen molar-refractivity contribution in [3.8, 4) is 95.0 Å². The molecule has 10 nitrogen and oxygen atoms in total. The van der Waals surface area contributed by atoms with Gasteiger partial charge >= 0.3 is 18.9 Å². The second-order valence-corrected chi connectivity index (χ2v) is 36.1. The van der Waals surface area contributed by atoms with Gasteiger partial charge in [-0.05, 0) is 313 Å². The minimum absolute atomic E-state index is 0. The molecule has 0 aliphatic heterocycles. The van der Waals surface area contributed by atoms with Gasteiger partial charge in [-0.3, -0.25) is 19.9 Å². The van der Waals surface area contributed by atoms with Crippen LogP contribution in [0.15, 0.2) is 486 Å². The van der Waals surface area contributed by atoms with Crippen molar-refractivity contribution in [3.63, 3.8) is 0 Å². The van der Waals surface area contributed by atoms with Crippen LogP contribution in [-0.4, -0.2) is 29.1 Å². The Balaban J connectivity index is 0.000000122. The molecule has 0 unspecified atom stereocenters. The number of H-pyrrole nitrogens is 1. The van der Waals surface area contributed by atoms with E-state index in [0.717, 1.165) is 72.1 Å². The van der Waals surface area contributed by atoms with Crippen molar-refractivity contribution < 1.29 is 29.0 Å². The van der Waals surface area contributed by atoms with Gasteiger partial charge in [-0.2, -0.15) is 0 Å². The van der Waals surface area contributed by atoms with Gasteiger partial charge in [-0.1, -0.05) is 266 Å². The van der Waals surface area contributed by atoms with Crippen molar-refractivity contribution in [2.24, 2.45) is 0 Å². The first-order valence-electron chi connectivity index (χ1n) is 47.8. The molecule has 1 N–H and O–H groups in total. The SMILES string of the molecule is Cc1ccc(N(c2ccc(C)cc2)c2ccc(C3(c4ccc(N(c5ccc(C)cc5)c5ccc(C)cc5)cc4)CCCCC3)cc2)cc1.[Li+].[O-]c1cccc2ccc[nH+]c12.c1cc(-c2cccc(-n3c4ccccc4c4ccccc43)c2)cc(-n2c3ccccc3c3ccccc32)c1.c1cncc(-c2cc(-c3cccnc3)cc(-c3cccc(-c4cc(-c5cccnc5)cc(-c5cccnc5)c4)c3)c2)c1. The summed E-state index contributed by atoms with van der Waals surface area (Å²) < 4.78 is 4.76. The number of aromatic nitrogens is 7. The summed E-state index contributed by atoms with van der Waals surface area (Å²) in [6.45, 7) is 8.59. The fourth-order valence-electron chi connectivity index (χ4n) is 19.9. The van der Waals surface area contributed by atoms with Crippen molar-refractivity contribution >= 4 is 88.6 Å². The van der Waals surface area contributed by atoms with E-state index in [0.29, 0.717) is 5.52 Å². The van der Waals surface area contributed by atoms with E-state index in [9.17, 15) is 5.11 Å². The average molecular weight is 1800 g/mol. The van der Waals surface area contributed by atoms with Crippen molar-refractivity contribution in [1.82, 2.24) is 29.1 Å². The molecule has 0 bridgehead atoms. The van der Waals surface area contributed by atoms with E-state index in [1.807, 2.05) is 67.3 Å². The number of hydrogen-bond donors (Lipinski definition) is 0. The van der Waals surface area contributed by atoms with Crippen LogP contribution >= 0.6 is 0 Å². The first-order valence-corrected chi connectivity index (χ1v) is 47.8. The molecular formula is C129H103LiN9O+. The fraction of sp³-hybridized carbons (Fsp3) is 0.0775. The summed E-state index contributed by atoms with van der Waals surface area (Å²) >= 11 is 0. The molecule has 1 fully saturated rings. The Morgan fingerprint density at radius 2 is 0.529 bits per heavy atom. The number of rotatable bonds is 17. The zero-order valence-corrected chi connectivity index (χ0v) is 79.2. The number of aryl methyl sites for hydroxylation is 4. The number of benzene rings is 16. The summed E-state index contributed by atoms with van der Waals surface area (Å²) in [5.74, 6) is 0.0445. The number of hydrogen-bond acceptors (Lipinski definition) is 7. The van der Waals surface area contributed by atoms with Gasteiger partial charge in [0.05, 0.1) is 22.1 Å². The molecule has 670 valence electrons. The molecule has 11 heteroatoms. The predicted molar refractivity (Wildman–Crippen MR) is 576 cm³/mol. The Morgan fingerprint density at radius 3 is 0.843 bits per heavy atom. The summed E-state index contributed by atoms with van der Waals surface area (Å²) in [7, 11) is 0.